The quantitative estimate of drug-likeness (QED) is 0.897. The van der Waals surface area contributed by atoms with Crippen molar-refractivity contribution in [2.75, 3.05) is 18.1 Å². The topological polar surface area (TPSA) is 29.3 Å². The molecule has 1 atom stereocenters. The van der Waals surface area contributed by atoms with Crippen molar-refractivity contribution >= 4 is 11.8 Å². The molecule has 0 saturated carbocycles. The smallest absolute Gasteiger partial charge is 0.123 e. The lowest BCUT2D eigenvalue weighted by Gasteiger charge is -2.33. The summed E-state index contributed by atoms with van der Waals surface area (Å²) >= 11 is 1.99. The van der Waals surface area contributed by atoms with Gasteiger partial charge in [-0.3, -0.25) is 4.90 Å². The minimum atomic E-state index is -0.179. The molecule has 0 aliphatic carbocycles. The number of nitrogens with two attached hydrogens (primary N) is 1. The number of rotatable bonds is 3. The number of halogens is 1. The van der Waals surface area contributed by atoms with E-state index in [1.165, 1.54) is 17.6 Å². The van der Waals surface area contributed by atoms with Crippen molar-refractivity contribution in [2.45, 2.75) is 26.1 Å². The summed E-state index contributed by atoms with van der Waals surface area (Å²) in [7, 11) is 0. The Morgan fingerprint density at radius 3 is 2.88 bits per heavy atom. The largest absolute Gasteiger partial charge is 0.326 e. The molecule has 94 valence electrons. The van der Waals surface area contributed by atoms with Crippen LogP contribution in [0.3, 0.4) is 0 Å². The second-order valence-corrected chi connectivity index (χ2v) is 5.72. The van der Waals surface area contributed by atoms with Crippen molar-refractivity contribution in [3.63, 3.8) is 0 Å². The van der Waals surface area contributed by atoms with Crippen LogP contribution in [0, 0.1) is 5.82 Å². The monoisotopic (exact) mass is 254 g/mol. The Kier molecular flexibility index (Phi) is 4.42. The highest BCUT2D eigenvalue weighted by Gasteiger charge is 2.18. The van der Waals surface area contributed by atoms with Crippen molar-refractivity contribution in [3.8, 4) is 0 Å². The lowest BCUT2D eigenvalue weighted by Crippen LogP contribution is -2.39. The Bertz CT molecular complexity index is 384. The van der Waals surface area contributed by atoms with Gasteiger partial charge < -0.3 is 5.73 Å². The van der Waals surface area contributed by atoms with E-state index in [0.717, 1.165) is 24.2 Å². The molecule has 1 fully saturated rings. The van der Waals surface area contributed by atoms with Crippen LogP contribution >= 0.6 is 11.8 Å². The molecule has 0 spiro atoms. The van der Waals surface area contributed by atoms with Crippen LogP contribution in [0.5, 0.6) is 0 Å². The molecule has 1 heterocycles. The molecule has 2 N–H and O–H groups in total. The third-order valence-electron chi connectivity index (χ3n) is 3.14. The summed E-state index contributed by atoms with van der Waals surface area (Å²) in [6.07, 6.45) is 0. The summed E-state index contributed by atoms with van der Waals surface area (Å²) in [5.74, 6) is 2.16. The third-order valence-corrected chi connectivity index (χ3v) is 4.33. The Hall–Kier alpha value is -0.580. The second-order valence-electron chi connectivity index (χ2n) is 4.57. The highest BCUT2D eigenvalue weighted by atomic mass is 32.2. The molecule has 0 radical (unpaired) electrons. The number of nitrogens with zero attached hydrogens (tertiary/aromatic N) is 1. The van der Waals surface area contributed by atoms with E-state index in [4.69, 9.17) is 5.73 Å². The molecule has 1 aliphatic rings. The van der Waals surface area contributed by atoms with Gasteiger partial charge in [-0.25, -0.2) is 4.39 Å². The molecule has 0 amide bonds. The van der Waals surface area contributed by atoms with Crippen LogP contribution in [0.1, 0.15) is 18.1 Å². The minimum Gasteiger partial charge on any atom is -0.326 e. The van der Waals surface area contributed by atoms with Crippen LogP contribution in [0.2, 0.25) is 0 Å². The van der Waals surface area contributed by atoms with Gasteiger partial charge in [0.15, 0.2) is 0 Å². The zero-order valence-electron chi connectivity index (χ0n) is 10.2. The number of hydrogen-bond acceptors (Lipinski definition) is 3. The summed E-state index contributed by atoms with van der Waals surface area (Å²) in [5.41, 5.74) is 7.47. The fraction of sp³-hybridized carbons (Fsp3) is 0.538. The Morgan fingerprint density at radius 2 is 2.18 bits per heavy atom. The minimum absolute atomic E-state index is 0.179. The maximum atomic E-state index is 13.4. The maximum absolute atomic E-state index is 13.4. The predicted octanol–water partition coefficient (Wildman–Crippen LogP) is 2.22. The van der Waals surface area contributed by atoms with Gasteiger partial charge in [-0.1, -0.05) is 6.07 Å². The summed E-state index contributed by atoms with van der Waals surface area (Å²) in [6, 6.07) is 5.71. The molecule has 1 aromatic carbocycles. The molecule has 0 aromatic heterocycles. The average Bonchev–Trinajstić information content (AvgIpc) is 2.31. The number of thioether (sulfide) groups is 1. The van der Waals surface area contributed by atoms with Gasteiger partial charge in [0.1, 0.15) is 5.82 Å². The highest BCUT2D eigenvalue weighted by Crippen LogP contribution is 2.19. The van der Waals surface area contributed by atoms with Crippen molar-refractivity contribution in [1.82, 2.24) is 4.90 Å². The van der Waals surface area contributed by atoms with E-state index in [2.05, 4.69) is 11.8 Å². The number of benzene rings is 1. The zero-order valence-corrected chi connectivity index (χ0v) is 11.0. The molecular formula is C13H19FN2S. The van der Waals surface area contributed by atoms with Gasteiger partial charge in [-0.15, -0.1) is 0 Å². The van der Waals surface area contributed by atoms with Gasteiger partial charge in [-0.2, -0.15) is 11.8 Å². The molecule has 2 nitrogen and oxygen atoms in total. The molecule has 1 unspecified atom stereocenters. The predicted molar refractivity (Wildman–Crippen MR) is 71.5 cm³/mol. The standard InChI is InChI=1S/C13H19FN2S/c1-10-9-17-3-2-16(10)8-12-4-11(7-15)5-13(14)6-12/h4-6,10H,2-3,7-9,15H2,1H3. The fourth-order valence-electron chi connectivity index (χ4n) is 2.16. The third kappa shape index (κ3) is 3.44. The average molecular weight is 254 g/mol. The lowest BCUT2D eigenvalue weighted by molar-refractivity contribution is 0.223. The van der Waals surface area contributed by atoms with E-state index < -0.39 is 0 Å². The van der Waals surface area contributed by atoms with Crippen molar-refractivity contribution < 1.29 is 4.39 Å². The lowest BCUT2D eigenvalue weighted by atomic mass is 10.1. The number of hydrogen-bond donors (Lipinski definition) is 1. The van der Waals surface area contributed by atoms with E-state index in [-0.39, 0.29) is 5.82 Å². The highest BCUT2D eigenvalue weighted by molar-refractivity contribution is 7.99. The van der Waals surface area contributed by atoms with Crippen LogP contribution < -0.4 is 5.73 Å². The van der Waals surface area contributed by atoms with Crippen molar-refractivity contribution in [2.24, 2.45) is 5.73 Å². The van der Waals surface area contributed by atoms with Gasteiger partial charge in [0, 0.05) is 37.2 Å². The van der Waals surface area contributed by atoms with Gasteiger partial charge in [0.2, 0.25) is 0 Å². The first-order chi connectivity index (χ1) is 8.19. The van der Waals surface area contributed by atoms with Crippen LogP contribution in [0.4, 0.5) is 4.39 Å². The molecule has 0 bridgehead atoms. The van der Waals surface area contributed by atoms with Crippen LogP contribution in [-0.2, 0) is 13.1 Å². The summed E-state index contributed by atoms with van der Waals surface area (Å²) < 4.78 is 13.4. The first-order valence-corrected chi connectivity index (χ1v) is 7.14. The molecule has 1 aromatic rings. The van der Waals surface area contributed by atoms with Gasteiger partial charge in [0.05, 0.1) is 0 Å². The first-order valence-electron chi connectivity index (χ1n) is 5.99. The Labute approximate surface area is 106 Å². The normalized spacial score (nSPS) is 21.7. The van der Waals surface area contributed by atoms with Crippen molar-refractivity contribution in [1.29, 1.82) is 0 Å². The van der Waals surface area contributed by atoms with E-state index in [9.17, 15) is 4.39 Å². The van der Waals surface area contributed by atoms with Crippen molar-refractivity contribution in [3.05, 3.63) is 35.1 Å². The zero-order chi connectivity index (χ0) is 12.3. The molecule has 17 heavy (non-hydrogen) atoms. The van der Waals surface area contributed by atoms with Gasteiger partial charge >= 0.3 is 0 Å². The summed E-state index contributed by atoms with van der Waals surface area (Å²) in [4.78, 5) is 2.41. The molecule has 1 aliphatic heterocycles. The Morgan fingerprint density at radius 1 is 1.41 bits per heavy atom. The van der Waals surface area contributed by atoms with E-state index >= 15 is 0 Å². The van der Waals surface area contributed by atoms with E-state index in [0.29, 0.717) is 12.6 Å². The van der Waals surface area contributed by atoms with Crippen LogP contribution in [-0.4, -0.2) is 29.0 Å². The SMILES string of the molecule is CC1CSCCN1Cc1cc(F)cc(CN)c1. The summed E-state index contributed by atoms with van der Waals surface area (Å²) in [5, 5.41) is 0. The van der Waals surface area contributed by atoms with E-state index in [1.54, 1.807) is 6.07 Å². The Balaban J connectivity index is 2.09. The van der Waals surface area contributed by atoms with Gasteiger partial charge in [0.25, 0.3) is 0 Å². The maximum Gasteiger partial charge on any atom is 0.123 e. The molecule has 1 saturated heterocycles. The first kappa shape index (κ1) is 12.9. The van der Waals surface area contributed by atoms with Crippen LogP contribution in [0.25, 0.3) is 0 Å². The second kappa shape index (κ2) is 5.85. The molecule has 4 heteroatoms. The molecule has 2 rings (SSSR count). The fourth-order valence-corrected chi connectivity index (χ4v) is 3.24. The van der Waals surface area contributed by atoms with Crippen LogP contribution in [0.15, 0.2) is 18.2 Å². The van der Waals surface area contributed by atoms with E-state index in [1.807, 2.05) is 17.8 Å². The van der Waals surface area contributed by atoms with Gasteiger partial charge in [-0.05, 0) is 30.2 Å². The summed E-state index contributed by atoms with van der Waals surface area (Å²) in [6.45, 7) is 4.54. The molecular weight excluding hydrogens is 235 g/mol.